The molecular formula is C23H23NO5. The minimum absolute atomic E-state index is 0.0111. The van der Waals surface area contributed by atoms with E-state index in [9.17, 15) is 9.59 Å². The summed E-state index contributed by atoms with van der Waals surface area (Å²) in [5, 5.41) is 2.86. The number of amides is 1. The van der Waals surface area contributed by atoms with E-state index in [1.807, 2.05) is 42.5 Å². The standard InChI is InChI=1S/C23H23NO5/c25-22(24-14-19-10-6-12-27-19)21(16-7-2-1-3-8-16)29-23(26)18-13-17-9-4-5-11-20(17)28-15-18/h1-5,7-9,11,13,19,21H,6,10,12,14-15H2,(H,24,25)/t19-,21-/m1/s1. The second kappa shape index (κ2) is 8.92. The van der Waals surface area contributed by atoms with E-state index in [4.69, 9.17) is 14.2 Å². The van der Waals surface area contributed by atoms with Crippen molar-refractivity contribution < 1.29 is 23.8 Å². The van der Waals surface area contributed by atoms with Crippen LogP contribution in [0.15, 0.2) is 60.2 Å². The highest BCUT2D eigenvalue weighted by Crippen LogP contribution is 2.27. The molecule has 2 aliphatic heterocycles. The van der Waals surface area contributed by atoms with E-state index in [0.717, 1.165) is 24.2 Å². The third-order valence-electron chi connectivity index (χ3n) is 4.99. The van der Waals surface area contributed by atoms with Crippen molar-refractivity contribution in [3.05, 3.63) is 71.3 Å². The highest BCUT2D eigenvalue weighted by Gasteiger charge is 2.28. The van der Waals surface area contributed by atoms with Crippen LogP contribution in [-0.2, 0) is 19.1 Å². The summed E-state index contributed by atoms with van der Waals surface area (Å²) >= 11 is 0. The topological polar surface area (TPSA) is 73.9 Å². The number of carbonyl (C=O) groups excluding carboxylic acids is 2. The third kappa shape index (κ3) is 4.66. The lowest BCUT2D eigenvalue weighted by atomic mass is 10.1. The fourth-order valence-corrected chi connectivity index (χ4v) is 3.43. The first-order valence-electron chi connectivity index (χ1n) is 9.78. The molecule has 4 rings (SSSR count). The Hall–Kier alpha value is -3.12. The molecule has 0 bridgehead atoms. The van der Waals surface area contributed by atoms with Gasteiger partial charge in [0.25, 0.3) is 5.91 Å². The van der Waals surface area contributed by atoms with Crippen LogP contribution < -0.4 is 10.1 Å². The molecule has 0 aromatic heterocycles. The van der Waals surface area contributed by atoms with Gasteiger partial charge in [0, 0.05) is 24.3 Å². The summed E-state index contributed by atoms with van der Waals surface area (Å²) in [7, 11) is 0. The van der Waals surface area contributed by atoms with Gasteiger partial charge in [0.2, 0.25) is 6.10 Å². The van der Waals surface area contributed by atoms with E-state index < -0.39 is 12.1 Å². The molecule has 1 saturated heterocycles. The van der Waals surface area contributed by atoms with E-state index in [2.05, 4.69) is 5.32 Å². The predicted octanol–water partition coefficient (Wildman–Crippen LogP) is 3.04. The Kier molecular flexibility index (Phi) is 5.91. The van der Waals surface area contributed by atoms with Crippen LogP contribution in [-0.4, -0.2) is 37.7 Å². The van der Waals surface area contributed by atoms with Gasteiger partial charge in [-0.25, -0.2) is 4.79 Å². The highest BCUT2D eigenvalue weighted by atomic mass is 16.6. The molecule has 2 atom stereocenters. The molecule has 29 heavy (non-hydrogen) atoms. The maximum Gasteiger partial charge on any atom is 0.338 e. The second-order valence-corrected chi connectivity index (χ2v) is 7.07. The maximum atomic E-state index is 12.8. The van der Waals surface area contributed by atoms with Crippen molar-refractivity contribution in [1.82, 2.24) is 5.32 Å². The Labute approximate surface area is 169 Å². The van der Waals surface area contributed by atoms with Gasteiger partial charge in [0.15, 0.2) is 0 Å². The molecule has 0 radical (unpaired) electrons. The second-order valence-electron chi connectivity index (χ2n) is 7.07. The predicted molar refractivity (Wildman–Crippen MR) is 107 cm³/mol. The summed E-state index contributed by atoms with van der Waals surface area (Å²) in [6, 6.07) is 16.5. The number of hydrogen-bond donors (Lipinski definition) is 1. The summed E-state index contributed by atoms with van der Waals surface area (Å²) in [5.41, 5.74) is 1.80. The number of benzene rings is 2. The van der Waals surface area contributed by atoms with Crippen molar-refractivity contribution in [3.8, 4) is 5.75 Å². The molecule has 150 valence electrons. The smallest absolute Gasteiger partial charge is 0.338 e. The lowest BCUT2D eigenvalue weighted by molar-refractivity contribution is -0.153. The molecule has 6 nitrogen and oxygen atoms in total. The summed E-state index contributed by atoms with van der Waals surface area (Å²) in [6.07, 6.45) is 2.63. The molecule has 0 saturated carbocycles. The van der Waals surface area contributed by atoms with E-state index in [0.29, 0.717) is 24.3 Å². The Morgan fingerprint density at radius 3 is 2.69 bits per heavy atom. The fraction of sp³-hybridized carbons (Fsp3) is 0.304. The summed E-state index contributed by atoms with van der Waals surface area (Å²) in [4.78, 5) is 25.6. The number of fused-ring (bicyclic) bond motifs is 1. The number of rotatable bonds is 6. The van der Waals surface area contributed by atoms with Crippen molar-refractivity contribution in [1.29, 1.82) is 0 Å². The van der Waals surface area contributed by atoms with Gasteiger partial charge in [-0.05, 0) is 25.0 Å². The molecule has 2 aromatic rings. The number of hydrogen-bond acceptors (Lipinski definition) is 5. The van der Waals surface area contributed by atoms with Crippen molar-refractivity contribution in [3.63, 3.8) is 0 Å². The zero-order chi connectivity index (χ0) is 20.1. The zero-order valence-corrected chi connectivity index (χ0v) is 16.0. The normalized spacial score (nSPS) is 18.8. The van der Waals surface area contributed by atoms with E-state index in [1.165, 1.54) is 0 Å². The Bertz CT molecular complexity index is 902. The van der Waals surface area contributed by atoms with E-state index in [1.54, 1.807) is 18.2 Å². The number of nitrogens with one attached hydrogen (secondary N) is 1. The van der Waals surface area contributed by atoms with Crippen LogP contribution in [0.4, 0.5) is 0 Å². The number of para-hydroxylation sites is 1. The maximum absolute atomic E-state index is 12.8. The van der Waals surface area contributed by atoms with Crippen LogP contribution in [0.1, 0.15) is 30.1 Å². The van der Waals surface area contributed by atoms with E-state index in [-0.39, 0.29) is 18.6 Å². The Balaban J connectivity index is 1.48. The molecule has 6 heteroatoms. The fourth-order valence-electron chi connectivity index (χ4n) is 3.43. The van der Waals surface area contributed by atoms with Crippen LogP contribution in [0.25, 0.3) is 6.08 Å². The van der Waals surface area contributed by atoms with Gasteiger partial charge in [-0.15, -0.1) is 0 Å². The molecule has 0 aliphatic carbocycles. The van der Waals surface area contributed by atoms with Gasteiger partial charge in [-0.3, -0.25) is 4.79 Å². The van der Waals surface area contributed by atoms with Crippen molar-refractivity contribution >= 4 is 18.0 Å². The minimum atomic E-state index is -1.04. The first-order valence-corrected chi connectivity index (χ1v) is 9.78. The number of carbonyl (C=O) groups is 2. The van der Waals surface area contributed by atoms with Crippen LogP contribution in [0, 0.1) is 0 Å². The average molecular weight is 393 g/mol. The van der Waals surface area contributed by atoms with Crippen LogP contribution >= 0.6 is 0 Å². The molecule has 1 fully saturated rings. The minimum Gasteiger partial charge on any atom is -0.488 e. The molecule has 0 unspecified atom stereocenters. The van der Waals surface area contributed by atoms with Gasteiger partial charge in [-0.2, -0.15) is 0 Å². The summed E-state index contributed by atoms with van der Waals surface area (Å²) in [5.74, 6) is -0.212. The van der Waals surface area contributed by atoms with Gasteiger partial charge >= 0.3 is 5.97 Å². The van der Waals surface area contributed by atoms with Gasteiger partial charge < -0.3 is 19.5 Å². The molecule has 2 aromatic carbocycles. The van der Waals surface area contributed by atoms with E-state index >= 15 is 0 Å². The molecule has 1 N–H and O–H groups in total. The first kappa shape index (κ1) is 19.2. The van der Waals surface area contributed by atoms with Crippen LogP contribution in [0.2, 0.25) is 0 Å². The molecule has 0 spiro atoms. The van der Waals surface area contributed by atoms with Gasteiger partial charge in [-0.1, -0.05) is 48.5 Å². The number of ether oxygens (including phenoxy) is 3. The lowest BCUT2D eigenvalue weighted by Gasteiger charge is -2.21. The molecule has 2 heterocycles. The van der Waals surface area contributed by atoms with Gasteiger partial charge in [0.05, 0.1) is 11.7 Å². The first-order chi connectivity index (χ1) is 14.2. The van der Waals surface area contributed by atoms with Crippen molar-refractivity contribution in [2.24, 2.45) is 0 Å². The van der Waals surface area contributed by atoms with Gasteiger partial charge in [0.1, 0.15) is 12.4 Å². The summed E-state index contributed by atoms with van der Waals surface area (Å²) < 4.78 is 16.8. The zero-order valence-electron chi connectivity index (χ0n) is 16.0. The highest BCUT2D eigenvalue weighted by molar-refractivity contribution is 5.97. The molecule has 2 aliphatic rings. The van der Waals surface area contributed by atoms with Crippen molar-refractivity contribution in [2.45, 2.75) is 25.0 Å². The largest absolute Gasteiger partial charge is 0.488 e. The monoisotopic (exact) mass is 393 g/mol. The average Bonchev–Trinajstić information content (AvgIpc) is 3.29. The third-order valence-corrected chi connectivity index (χ3v) is 4.99. The summed E-state index contributed by atoms with van der Waals surface area (Å²) in [6.45, 7) is 1.22. The Morgan fingerprint density at radius 1 is 1.10 bits per heavy atom. The van der Waals surface area contributed by atoms with Crippen LogP contribution in [0.3, 0.4) is 0 Å². The molecular weight excluding hydrogens is 370 g/mol. The lowest BCUT2D eigenvalue weighted by Crippen LogP contribution is -2.37. The SMILES string of the molecule is O=C(O[C@@H](C(=O)NC[C@H]1CCCO1)c1ccccc1)C1=Cc2ccccc2OC1. The molecule has 1 amide bonds. The van der Waals surface area contributed by atoms with Crippen molar-refractivity contribution in [2.75, 3.05) is 19.8 Å². The quantitative estimate of drug-likeness (QED) is 0.764. The van der Waals surface area contributed by atoms with Crippen LogP contribution in [0.5, 0.6) is 5.75 Å². The Morgan fingerprint density at radius 2 is 1.90 bits per heavy atom. The number of esters is 1.